The van der Waals surface area contributed by atoms with E-state index in [4.69, 9.17) is 0 Å². The third-order valence-electron chi connectivity index (χ3n) is 2.72. The normalized spacial score (nSPS) is 14.3. The van der Waals surface area contributed by atoms with E-state index in [1.165, 1.54) is 16.8 Å². The highest BCUT2D eigenvalue weighted by atomic mass is 14.9. The zero-order valence-corrected chi connectivity index (χ0v) is 7.90. The van der Waals surface area contributed by atoms with Crippen molar-refractivity contribution in [3.8, 4) is 5.69 Å². The SMILES string of the molecule is c1ccn(-c2ccc3c(c2)CNC3)c1. The van der Waals surface area contributed by atoms with Crippen molar-refractivity contribution in [3.05, 3.63) is 53.9 Å². The van der Waals surface area contributed by atoms with Crippen molar-refractivity contribution in [3.63, 3.8) is 0 Å². The van der Waals surface area contributed by atoms with E-state index in [9.17, 15) is 0 Å². The van der Waals surface area contributed by atoms with Crippen LogP contribution in [-0.4, -0.2) is 4.57 Å². The summed E-state index contributed by atoms with van der Waals surface area (Å²) < 4.78 is 2.14. The van der Waals surface area contributed by atoms with Crippen molar-refractivity contribution < 1.29 is 0 Å². The third-order valence-corrected chi connectivity index (χ3v) is 2.72. The quantitative estimate of drug-likeness (QED) is 0.718. The standard InChI is InChI=1S/C12H12N2/c1-2-6-14(5-1)12-4-3-10-8-13-9-11(10)7-12/h1-7,13H,8-9H2. The summed E-state index contributed by atoms with van der Waals surface area (Å²) in [7, 11) is 0. The van der Waals surface area contributed by atoms with Crippen LogP contribution in [0, 0.1) is 0 Å². The van der Waals surface area contributed by atoms with Crippen LogP contribution in [0.3, 0.4) is 0 Å². The fourth-order valence-corrected chi connectivity index (χ4v) is 1.95. The monoisotopic (exact) mass is 184 g/mol. The van der Waals surface area contributed by atoms with Crippen LogP contribution in [0.25, 0.3) is 5.69 Å². The molecule has 2 nitrogen and oxygen atoms in total. The molecule has 0 bridgehead atoms. The van der Waals surface area contributed by atoms with Crippen LogP contribution < -0.4 is 5.32 Å². The lowest BCUT2D eigenvalue weighted by molar-refractivity contribution is 0.764. The molecule has 0 saturated carbocycles. The topological polar surface area (TPSA) is 17.0 Å². The second-order valence-corrected chi connectivity index (χ2v) is 3.65. The van der Waals surface area contributed by atoms with E-state index in [-0.39, 0.29) is 0 Å². The molecule has 0 amide bonds. The van der Waals surface area contributed by atoms with Crippen molar-refractivity contribution >= 4 is 0 Å². The van der Waals surface area contributed by atoms with Gasteiger partial charge in [0.15, 0.2) is 0 Å². The van der Waals surface area contributed by atoms with Crippen molar-refractivity contribution in [1.29, 1.82) is 0 Å². The summed E-state index contributed by atoms with van der Waals surface area (Å²) in [6, 6.07) is 10.7. The fraction of sp³-hybridized carbons (Fsp3) is 0.167. The molecular formula is C12H12N2. The highest BCUT2D eigenvalue weighted by Crippen LogP contribution is 2.19. The van der Waals surface area contributed by atoms with Crippen LogP contribution in [0.15, 0.2) is 42.7 Å². The summed E-state index contributed by atoms with van der Waals surface area (Å²) in [5.41, 5.74) is 4.11. The maximum atomic E-state index is 3.35. The van der Waals surface area contributed by atoms with Gasteiger partial charge in [0.1, 0.15) is 0 Å². The molecule has 0 saturated heterocycles. The first-order chi connectivity index (χ1) is 6.93. The molecule has 2 aromatic rings. The predicted octanol–water partition coefficient (Wildman–Crippen LogP) is 2.08. The average molecular weight is 184 g/mol. The summed E-state index contributed by atoms with van der Waals surface area (Å²) >= 11 is 0. The van der Waals surface area contributed by atoms with Crippen LogP contribution in [0.2, 0.25) is 0 Å². The Labute approximate surface area is 83.2 Å². The number of fused-ring (bicyclic) bond motifs is 1. The number of hydrogen-bond donors (Lipinski definition) is 1. The summed E-state index contributed by atoms with van der Waals surface area (Å²) in [5.74, 6) is 0. The Morgan fingerprint density at radius 3 is 2.64 bits per heavy atom. The third kappa shape index (κ3) is 1.16. The van der Waals surface area contributed by atoms with Crippen LogP contribution in [0.5, 0.6) is 0 Å². The van der Waals surface area contributed by atoms with Gasteiger partial charge in [-0.25, -0.2) is 0 Å². The molecule has 2 heterocycles. The predicted molar refractivity (Wildman–Crippen MR) is 56.3 cm³/mol. The largest absolute Gasteiger partial charge is 0.324 e. The van der Waals surface area contributed by atoms with E-state index in [0.717, 1.165) is 13.1 Å². The van der Waals surface area contributed by atoms with Crippen molar-refractivity contribution in [2.24, 2.45) is 0 Å². The molecule has 0 aliphatic carbocycles. The molecule has 1 aliphatic rings. The van der Waals surface area contributed by atoms with E-state index in [1.54, 1.807) is 0 Å². The smallest absolute Gasteiger partial charge is 0.0452 e. The van der Waals surface area contributed by atoms with Crippen molar-refractivity contribution in [1.82, 2.24) is 9.88 Å². The van der Waals surface area contributed by atoms with E-state index >= 15 is 0 Å². The Morgan fingerprint density at radius 1 is 1.00 bits per heavy atom. The molecular weight excluding hydrogens is 172 g/mol. The van der Waals surface area contributed by atoms with Crippen LogP contribution in [0.1, 0.15) is 11.1 Å². The molecule has 1 aromatic heterocycles. The number of nitrogens with zero attached hydrogens (tertiary/aromatic N) is 1. The number of aromatic nitrogens is 1. The first-order valence-electron chi connectivity index (χ1n) is 4.89. The summed E-state index contributed by atoms with van der Waals surface area (Å²) in [5, 5.41) is 3.35. The molecule has 1 N–H and O–H groups in total. The van der Waals surface area contributed by atoms with Gasteiger partial charge in [-0.3, -0.25) is 0 Å². The van der Waals surface area contributed by atoms with Gasteiger partial charge in [0.05, 0.1) is 0 Å². The summed E-state index contributed by atoms with van der Waals surface area (Å²) in [4.78, 5) is 0. The molecule has 70 valence electrons. The molecule has 0 radical (unpaired) electrons. The minimum atomic E-state index is 1.00. The number of hydrogen-bond acceptors (Lipinski definition) is 1. The van der Waals surface area contributed by atoms with Crippen molar-refractivity contribution in [2.45, 2.75) is 13.1 Å². The first-order valence-corrected chi connectivity index (χ1v) is 4.89. The van der Waals surface area contributed by atoms with Gasteiger partial charge in [0.2, 0.25) is 0 Å². The Balaban J connectivity index is 2.09. The zero-order valence-electron chi connectivity index (χ0n) is 7.90. The van der Waals surface area contributed by atoms with E-state index in [0.29, 0.717) is 0 Å². The molecule has 3 rings (SSSR count). The molecule has 1 aromatic carbocycles. The Morgan fingerprint density at radius 2 is 1.79 bits per heavy atom. The van der Waals surface area contributed by atoms with Gasteiger partial charge in [-0.1, -0.05) is 6.07 Å². The van der Waals surface area contributed by atoms with Crippen LogP contribution >= 0.6 is 0 Å². The maximum Gasteiger partial charge on any atom is 0.0452 e. The second-order valence-electron chi connectivity index (χ2n) is 3.65. The highest BCUT2D eigenvalue weighted by molar-refractivity contribution is 5.42. The zero-order chi connectivity index (χ0) is 9.38. The molecule has 0 fully saturated rings. The number of benzene rings is 1. The number of rotatable bonds is 1. The molecule has 2 heteroatoms. The minimum Gasteiger partial charge on any atom is -0.324 e. The lowest BCUT2D eigenvalue weighted by Crippen LogP contribution is -1.99. The average Bonchev–Trinajstić information content (AvgIpc) is 2.88. The lowest BCUT2D eigenvalue weighted by atomic mass is 10.1. The molecule has 0 unspecified atom stereocenters. The van der Waals surface area contributed by atoms with Gasteiger partial charge in [-0.2, -0.15) is 0 Å². The molecule has 0 spiro atoms. The Hall–Kier alpha value is -1.54. The van der Waals surface area contributed by atoms with E-state index < -0.39 is 0 Å². The van der Waals surface area contributed by atoms with Crippen LogP contribution in [-0.2, 0) is 13.1 Å². The molecule has 1 aliphatic heterocycles. The Bertz CT molecular complexity index is 443. The Kier molecular flexibility index (Phi) is 1.67. The van der Waals surface area contributed by atoms with Gasteiger partial charge in [0, 0.05) is 31.2 Å². The maximum absolute atomic E-state index is 3.35. The lowest BCUT2D eigenvalue weighted by Gasteiger charge is -2.05. The van der Waals surface area contributed by atoms with Crippen LogP contribution in [0.4, 0.5) is 0 Å². The van der Waals surface area contributed by atoms with Crippen molar-refractivity contribution in [2.75, 3.05) is 0 Å². The summed E-state index contributed by atoms with van der Waals surface area (Å²) in [6.07, 6.45) is 4.15. The van der Waals surface area contributed by atoms with Gasteiger partial charge >= 0.3 is 0 Å². The molecule has 14 heavy (non-hydrogen) atoms. The van der Waals surface area contributed by atoms with E-state index in [1.807, 2.05) is 12.1 Å². The first kappa shape index (κ1) is 7.83. The highest BCUT2D eigenvalue weighted by Gasteiger charge is 2.09. The second kappa shape index (κ2) is 3.00. The number of nitrogens with one attached hydrogen (secondary N) is 1. The van der Waals surface area contributed by atoms with Gasteiger partial charge in [-0.15, -0.1) is 0 Å². The summed E-state index contributed by atoms with van der Waals surface area (Å²) in [6.45, 7) is 2.02. The minimum absolute atomic E-state index is 1.00. The van der Waals surface area contributed by atoms with Gasteiger partial charge < -0.3 is 9.88 Å². The van der Waals surface area contributed by atoms with Gasteiger partial charge in [-0.05, 0) is 35.4 Å². The molecule has 0 atom stereocenters. The fourth-order valence-electron chi connectivity index (χ4n) is 1.95. The van der Waals surface area contributed by atoms with Gasteiger partial charge in [0.25, 0.3) is 0 Å². The van der Waals surface area contributed by atoms with E-state index in [2.05, 4.69) is 40.5 Å².